The number of rotatable bonds is 2. The van der Waals surface area contributed by atoms with Crippen molar-refractivity contribution < 1.29 is 0 Å². The third-order valence-corrected chi connectivity index (χ3v) is 3.91. The maximum absolute atomic E-state index is 5.70. The van der Waals surface area contributed by atoms with Crippen LogP contribution in [0.2, 0.25) is 0 Å². The molecule has 0 spiro atoms. The highest BCUT2D eigenvalue weighted by Crippen LogP contribution is 2.28. The van der Waals surface area contributed by atoms with Crippen molar-refractivity contribution in [3.8, 4) is 0 Å². The van der Waals surface area contributed by atoms with Gasteiger partial charge in [0.1, 0.15) is 0 Å². The second-order valence-electron chi connectivity index (χ2n) is 5.49. The predicted molar refractivity (Wildman–Crippen MR) is 94.3 cm³/mol. The molecule has 0 atom stereocenters. The summed E-state index contributed by atoms with van der Waals surface area (Å²) in [7, 11) is 0. The van der Waals surface area contributed by atoms with Crippen LogP contribution in [0, 0.1) is 0 Å². The number of benzene rings is 2. The van der Waals surface area contributed by atoms with Crippen molar-refractivity contribution in [1.82, 2.24) is 0 Å². The molecule has 110 valence electrons. The zero-order chi connectivity index (χ0) is 15.2. The minimum Gasteiger partial charge on any atom is -0.323 e. The van der Waals surface area contributed by atoms with E-state index in [0.29, 0.717) is 0 Å². The molecule has 0 bridgehead atoms. The summed E-state index contributed by atoms with van der Waals surface area (Å²) in [5, 5.41) is 4.08. The topological polar surface area (TPSA) is 38.4 Å². The molecule has 1 aliphatic rings. The molecule has 0 unspecified atom stereocenters. The molecule has 2 heteroatoms. The molecule has 0 saturated heterocycles. The van der Waals surface area contributed by atoms with Crippen LogP contribution in [0.25, 0.3) is 12.2 Å². The van der Waals surface area contributed by atoms with Crippen LogP contribution in [0.3, 0.4) is 0 Å². The van der Waals surface area contributed by atoms with Crippen LogP contribution in [-0.2, 0) is 0 Å². The summed E-state index contributed by atoms with van der Waals surface area (Å²) in [4.78, 5) is 0. The number of allylic oxidation sites excluding steroid dienone is 2. The van der Waals surface area contributed by atoms with Crippen molar-refractivity contribution in [3.63, 3.8) is 0 Å². The first-order valence-electron chi connectivity index (χ1n) is 7.66. The molecule has 3 rings (SSSR count). The van der Waals surface area contributed by atoms with E-state index in [1.54, 1.807) is 0 Å². The lowest BCUT2D eigenvalue weighted by atomic mass is 9.86. The van der Waals surface area contributed by atoms with Gasteiger partial charge in [0.25, 0.3) is 0 Å². The fourth-order valence-electron chi connectivity index (χ4n) is 2.86. The van der Waals surface area contributed by atoms with E-state index in [0.717, 1.165) is 25.0 Å². The van der Waals surface area contributed by atoms with E-state index in [4.69, 9.17) is 5.84 Å². The summed E-state index contributed by atoms with van der Waals surface area (Å²) >= 11 is 0. The number of nitrogens with zero attached hydrogens (tertiary/aromatic N) is 1. The van der Waals surface area contributed by atoms with Crippen LogP contribution in [0.4, 0.5) is 0 Å². The summed E-state index contributed by atoms with van der Waals surface area (Å²) in [5.41, 5.74) is 5.78. The van der Waals surface area contributed by atoms with E-state index in [2.05, 4.69) is 65.8 Å². The van der Waals surface area contributed by atoms with Gasteiger partial charge in [-0.3, -0.25) is 0 Å². The van der Waals surface area contributed by atoms with E-state index in [1.807, 2.05) is 12.1 Å². The van der Waals surface area contributed by atoms with Gasteiger partial charge in [0.15, 0.2) is 0 Å². The summed E-state index contributed by atoms with van der Waals surface area (Å²) < 4.78 is 0. The Morgan fingerprint density at radius 3 is 1.59 bits per heavy atom. The van der Waals surface area contributed by atoms with Gasteiger partial charge >= 0.3 is 0 Å². The molecular weight excluding hydrogens is 268 g/mol. The summed E-state index contributed by atoms with van der Waals surface area (Å²) in [6.07, 6.45) is 7.58. The molecule has 2 nitrogen and oxygen atoms in total. The van der Waals surface area contributed by atoms with Gasteiger partial charge in [-0.2, -0.15) is 5.10 Å². The van der Waals surface area contributed by atoms with E-state index in [1.165, 1.54) is 22.3 Å². The van der Waals surface area contributed by atoms with E-state index >= 15 is 0 Å². The van der Waals surface area contributed by atoms with Crippen LogP contribution in [0.15, 0.2) is 76.9 Å². The van der Waals surface area contributed by atoms with Gasteiger partial charge in [-0.05, 0) is 53.7 Å². The largest absolute Gasteiger partial charge is 0.323 e. The highest BCUT2D eigenvalue weighted by molar-refractivity contribution is 6.17. The Labute approximate surface area is 131 Å². The van der Waals surface area contributed by atoms with Gasteiger partial charge in [-0.25, -0.2) is 0 Å². The summed E-state index contributed by atoms with van der Waals surface area (Å²) in [6.45, 7) is 0. The van der Waals surface area contributed by atoms with Crippen molar-refractivity contribution in [3.05, 3.63) is 82.9 Å². The number of hydrazone groups is 1. The number of hydrogen-bond donors (Lipinski definition) is 1. The lowest BCUT2D eigenvalue weighted by Crippen LogP contribution is -2.14. The molecule has 22 heavy (non-hydrogen) atoms. The Morgan fingerprint density at radius 1 is 0.727 bits per heavy atom. The standard InChI is InChI=1S/C20H20N2/c21-22-20-18(14-16-8-3-1-4-9-16)12-7-13-19(20)15-17-10-5-2-6-11-17/h1-6,8-11,14-15H,7,12-13,21H2/b18-14-,19-15-. The van der Waals surface area contributed by atoms with Gasteiger partial charge < -0.3 is 5.84 Å². The maximum Gasteiger partial charge on any atom is 0.0891 e. The van der Waals surface area contributed by atoms with Gasteiger partial charge in [-0.15, -0.1) is 0 Å². The van der Waals surface area contributed by atoms with Gasteiger partial charge in [0, 0.05) is 0 Å². The molecule has 0 radical (unpaired) electrons. The van der Waals surface area contributed by atoms with E-state index in [-0.39, 0.29) is 0 Å². The van der Waals surface area contributed by atoms with E-state index < -0.39 is 0 Å². The molecule has 1 saturated carbocycles. The van der Waals surface area contributed by atoms with Crippen molar-refractivity contribution in [2.75, 3.05) is 0 Å². The second kappa shape index (κ2) is 6.90. The Balaban J connectivity index is 1.94. The van der Waals surface area contributed by atoms with Crippen LogP contribution >= 0.6 is 0 Å². The third-order valence-electron chi connectivity index (χ3n) is 3.91. The molecule has 1 aliphatic carbocycles. The maximum atomic E-state index is 5.70. The third kappa shape index (κ3) is 3.34. The van der Waals surface area contributed by atoms with Gasteiger partial charge in [0.05, 0.1) is 5.71 Å². The molecule has 0 amide bonds. The average Bonchev–Trinajstić information content (AvgIpc) is 2.57. The van der Waals surface area contributed by atoms with Crippen LogP contribution < -0.4 is 5.84 Å². The SMILES string of the molecule is NN=C1/C(=C\c2ccccc2)CCC/C1=C/c1ccccc1. The van der Waals surface area contributed by atoms with Gasteiger partial charge in [0.2, 0.25) is 0 Å². The number of nitrogens with two attached hydrogens (primary N) is 1. The zero-order valence-electron chi connectivity index (χ0n) is 12.6. The van der Waals surface area contributed by atoms with E-state index in [9.17, 15) is 0 Å². The van der Waals surface area contributed by atoms with Crippen molar-refractivity contribution in [2.45, 2.75) is 19.3 Å². The lowest BCUT2D eigenvalue weighted by molar-refractivity contribution is 0.815. The summed E-state index contributed by atoms with van der Waals surface area (Å²) in [6, 6.07) is 20.7. The monoisotopic (exact) mass is 288 g/mol. The van der Waals surface area contributed by atoms with Crippen LogP contribution in [-0.4, -0.2) is 5.71 Å². The molecule has 0 heterocycles. The normalized spacial score (nSPS) is 18.6. The minimum atomic E-state index is 0.943. The Kier molecular flexibility index (Phi) is 4.50. The second-order valence-corrected chi connectivity index (χ2v) is 5.49. The highest BCUT2D eigenvalue weighted by atomic mass is 15.1. The smallest absolute Gasteiger partial charge is 0.0891 e. The minimum absolute atomic E-state index is 0.943. The Morgan fingerprint density at radius 2 is 1.18 bits per heavy atom. The first-order valence-corrected chi connectivity index (χ1v) is 7.66. The number of hydrogen-bond acceptors (Lipinski definition) is 2. The predicted octanol–water partition coefficient (Wildman–Crippen LogP) is 4.65. The fourth-order valence-corrected chi connectivity index (χ4v) is 2.86. The van der Waals surface area contributed by atoms with Crippen LogP contribution in [0.1, 0.15) is 30.4 Å². The first-order chi connectivity index (χ1) is 10.9. The molecule has 1 fully saturated rings. The van der Waals surface area contributed by atoms with Crippen molar-refractivity contribution in [2.24, 2.45) is 10.9 Å². The quantitative estimate of drug-likeness (QED) is 0.634. The molecule has 2 aromatic carbocycles. The highest BCUT2D eigenvalue weighted by Gasteiger charge is 2.18. The van der Waals surface area contributed by atoms with Crippen molar-refractivity contribution in [1.29, 1.82) is 0 Å². The molecule has 2 N–H and O–H groups in total. The van der Waals surface area contributed by atoms with Crippen molar-refractivity contribution >= 4 is 17.9 Å². The molecule has 0 aromatic heterocycles. The van der Waals surface area contributed by atoms with Crippen LogP contribution in [0.5, 0.6) is 0 Å². The summed E-state index contributed by atoms with van der Waals surface area (Å²) in [5.74, 6) is 5.70. The molecule has 0 aliphatic heterocycles. The lowest BCUT2D eigenvalue weighted by Gasteiger charge is -2.20. The Bertz CT molecular complexity index is 650. The first kappa shape index (κ1) is 14.3. The fraction of sp³-hybridized carbons (Fsp3) is 0.150. The van der Waals surface area contributed by atoms with Gasteiger partial charge in [-0.1, -0.05) is 60.7 Å². The molecular formula is C20H20N2. The zero-order valence-corrected chi connectivity index (χ0v) is 12.6. The Hall–Kier alpha value is -2.61. The molecule has 2 aromatic rings. The average molecular weight is 288 g/mol.